The van der Waals surface area contributed by atoms with Gasteiger partial charge in [0.05, 0.1) is 5.56 Å². The number of benzene rings is 4. The van der Waals surface area contributed by atoms with Crippen LogP contribution in [0, 0.1) is 47.6 Å². The van der Waals surface area contributed by atoms with E-state index < -0.39 is 69.3 Å². The third-order valence-corrected chi connectivity index (χ3v) is 5.30. The topological polar surface area (TPSA) is 9.23 Å². The van der Waals surface area contributed by atoms with Crippen molar-refractivity contribution in [2.75, 3.05) is 0 Å². The molecule has 0 aromatic heterocycles. The minimum Gasteiger partial charge on any atom is -0.429 e. The van der Waals surface area contributed by atoms with Crippen molar-refractivity contribution in [2.45, 2.75) is 13.0 Å². The highest BCUT2D eigenvalue weighted by molar-refractivity contribution is 5.72. The summed E-state index contributed by atoms with van der Waals surface area (Å²) in [7, 11) is 0. The van der Waals surface area contributed by atoms with Crippen molar-refractivity contribution < 1.29 is 44.3 Å². The molecule has 0 saturated carbocycles. The molecule has 10 heteroatoms. The smallest absolute Gasteiger partial charge is 0.429 e. The van der Waals surface area contributed by atoms with Crippen LogP contribution in [0.4, 0.5) is 39.5 Å². The number of alkyl halides is 2. The first-order valence-electron chi connectivity index (χ1n) is 10.2. The van der Waals surface area contributed by atoms with E-state index in [1.54, 1.807) is 31.2 Å². The molecule has 0 aliphatic heterocycles. The summed E-state index contributed by atoms with van der Waals surface area (Å²) in [4.78, 5) is 0. The first-order chi connectivity index (χ1) is 16.9. The summed E-state index contributed by atoms with van der Waals surface area (Å²) in [6.07, 6.45) is -4.70. The van der Waals surface area contributed by atoms with E-state index in [1.807, 2.05) is 0 Å². The van der Waals surface area contributed by atoms with Gasteiger partial charge in [0, 0.05) is 17.7 Å². The van der Waals surface area contributed by atoms with Crippen molar-refractivity contribution in [3.8, 4) is 28.0 Å². The number of rotatable bonds is 5. The Hall–Kier alpha value is -3.95. The fraction of sp³-hybridized carbons (Fsp3) is 0.0769. The van der Waals surface area contributed by atoms with E-state index in [1.165, 1.54) is 0 Å². The van der Waals surface area contributed by atoms with Crippen LogP contribution in [-0.2, 0) is 6.11 Å². The molecule has 0 atom stereocenters. The van der Waals surface area contributed by atoms with Crippen LogP contribution in [0.1, 0.15) is 11.1 Å². The summed E-state index contributed by atoms with van der Waals surface area (Å²) in [5.41, 5.74) is -2.28. The molecule has 4 rings (SSSR count). The number of ether oxygens (including phenoxy) is 1. The molecule has 0 aliphatic rings. The van der Waals surface area contributed by atoms with E-state index in [0.29, 0.717) is 17.7 Å². The Labute approximate surface area is 198 Å². The molecule has 0 N–H and O–H groups in total. The second-order valence-electron chi connectivity index (χ2n) is 7.79. The van der Waals surface area contributed by atoms with E-state index in [9.17, 15) is 39.5 Å². The number of halogens is 9. The highest BCUT2D eigenvalue weighted by Crippen LogP contribution is 2.39. The lowest BCUT2D eigenvalue weighted by molar-refractivity contribution is -0.187. The Bertz CT molecular complexity index is 1420. The van der Waals surface area contributed by atoms with E-state index in [-0.39, 0.29) is 17.7 Å². The molecule has 4 aromatic rings. The summed E-state index contributed by atoms with van der Waals surface area (Å²) in [6, 6.07) is 9.31. The van der Waals surface area contributed by atoms with Gasteiger partial charge in [0.2, 0.25) is 0 Å². The maximum atomic E-state index is 14.8. The van der Waals surface area contributed by atoms with Gasteiger partial charge in [0.25, 0.3) is 0 Å². The predicted octanol–water partition coefficient (Wildman–Crippen LogP) is 8.43. The normalized spacial score (nSPS) is 11.6. The van der Waals surface area contributed by atoms with Gasteiger partial charge in [-0.1, -0.05) is 35.9 Å². The first kappa shape index (κ1) is 25.2. The second kappa shape index (κ2) is 9.25. The third kappa shape index (κ3) is 4.62. The van der Waals surface area contributed by atoms with Crippen molar-refractivity contribution in [2.24, 2.45) is 0 Å². The molecule has 186 valence electrons. The summed E-state index contributed by atoms with van der Waals surface area (Å²) < 4.78 is 132. The SMILES string of the molecule is Cc1ccc(-c2cc(F)c(-c3ccc(C(F)(F)Oc4cc(F)c(F)c(F)c4)c(F)c3F)c(F)c2)cc1. The van der Waals surface area contributed by atoms with Gasteiger partial charge >= 0.3 is 6.11 Å². The summed E-state index contributed by atoms with van der Waals surface area (Å²) in [6.45, 7) is 1.81. The zero-order chi connectivity index (χ0) is 26.4. The molecule has 0 spiro atoms. The lowest BCUT2D eigenvalue weighted by Gasteiger charge is -2.20. The van der Waals surface area contributed by atoms with Gasteiger partial charge in [0.15, 0.2) is 29.1 Å². The third-order valence-electron chi connectivity index (χ3n) is 5.30. The zero-order valence-electron chi connectivity index (χ0n) is 18.1. The average molecular weight is 512 g/mol. The van der Waals surface area contributed by atoms with Gasteiger partial charge in [0.1, 0.15) is 22.9 Å². The standard InChI is InChI=1S/C26H13F9O/c1-12-2-4-13(5-3-12)14-8-18(27)22(19(28)9-14)16-6-7-17(24(32)23(16)31)26(34,35)36-15-10-20(29)25(33)21(30)11-15/h2-11H,1H3. The number of hydrogen-bond acceptors (Lipinski definition) is 1. The van der Waals surface area contributed by atoms with Crippen LogP contribution in [0.5, 0.6) is 5.75 Å². The van der Waals surface area contributed by atoms with Crippen molar-refractivity contribution in [1.82, 2.24) is 0 Å². The molecule has 0 bridgehead atoms. The van der Waals surface area contributed by atoms with Crippen molar-refractivity contribution in [3.63, 3.8) is 0 Å². The quantitative estimate of drug-likeness (QED) is 0.193. The van der Waals surface area contributed by atoms with Crippen LogP contribution in [0.15, 0.2) is 60.7 Å². The van der Waals surface area contributed by atoms with Crippen LogP contribution in [0.2, 0.25) is 0 Å². The molecule has 36 heavy (non-hydrogen) atoms. The van der Waals surface area contributed by atoms with E-state index in [4.69, 9.17) is 0 Å². The van der Waals surface area contributed by atoms with E-state index in [0.717, 1.165) is 17.7 Å². The summed E-state index contributed by atoms with van der Waals surface area (Å²) in [5.74, 6) is -13.7. The lowest BCUT2D eigenvalue weighted by Crippen LogP contribution is -2.24. The lowest BCUT2D eigenvalue weighted by atomic mass is 9.97. The number of aryl methyl sites for hydroxylation is 1. The van der Waals surface area contributed by atoms with Gasteiger partial charge in [-0.3, -0.25) is 0 Å². The predicted molar refractivity (Wildman–Crippen MR) is 113 cm³/mol. The van der Waals surface area contributed by atoms with E-state index in [2.05, 4.69) is 4.74 Å². The Morgan fingerprint density at radius 1 is 0.583 bits per heavy atom. The Kier molecular flexibility index (Phi) is 6.46. The molecule has 0 amide bonds. The Morgan fingerprint density at radius 2 is 1.14 bits per heavy atom. The molecule has 0 unspecified atom stereocenters. The minimum absolute atomic E-state index is 0.0787. The van der Waals surface area contributed by atoms with Gasteiger partial charge in [-0.05, 0) is 36.2 Å². The maximum Gasteiger partial charge on any atom is 0.429 e. The molecular formula is C26H13F9O. The highest BCUT2D eigenvalue weighted by atomic mass is 19.3. The van der Waals surface area contributed by atoms with Gasteiger partial charge < -0.3 is 4.74 Å². The summed E-state index contributed by atoms with van der Waals surface area (Å²) in [5, 5.41) is 0. The molecule has 0 aliphatic carbocycles. The minimum atomic E-state index is -4.70. The first-order valence-corrected chi connectivity index (χ1v) is 10.2. The fourth-order valence-electron chi connectivity index (χ4n) is 3.50. The summed E-state index contributed by atoms with van der Waals surface area (Å²) >= 11 is 0. The van der Waals surface area contributed by atoms with Gasteiger partial charge in [-0.25, -0.2) is 30.7 Å². The van der Waals surface area contributed by atoms with Crippen LogP contribution in [0.3, 0.4) is 0 Å². The van der Waals surface area contributed by atoms with E-state index >= 15 is 0 Å². The largest absolute Gasteiger partial charge is 0.429 e. The molecule has 1 nitrogen and oxygen atoms in total. The average Bonchev–Trinajstić information content (AvgIpc) is 2.79. The van der Waals surface area contributed by atoms with Crippen LogP contribution in [-0.4, -0.2) is 0 Å². The highest BCUT2D eigenvalue weighted by Gasteiger charge is 2.40. The molecule has 4 aromatic carbocycles. The van der Waals surface area contributed by atoms with Crippen LogP contribution < -0.4 is 4.74 Å². The number of hydrogen-bond donors (Lipinski definition) is 0. The van der Waals surface area contributed by atoms with Crippen molar-refractivity contribution in [1.29, 1.82) is 0 Å². The van der Waals surface area contributed by atoms with Gasteiger partial charge in [-0.2, -0.15) is 8.78 Å². The molecule has 0 saturated heterocycles. The molecule has 0 heterocycles. The van der Waals surface area contributed by atoms with Crippen molar-refractivity contribution in [3.05, 3.63) is 113 Å². The maximum absolute atomic E-state index is 14.8. The van der Waals surface area contributed by atoms with Crippen molar-refractivity contribution >= 4 is 0 Å². The van der Waals surface area contributed by atoms with Crippen LogP contribution >= 0.6 is 0 Å². The molecule has 0 radical (unpaired) electrons. The molecule has 0 fully saturated rings. The Balaban J connectivity index is 1.72. The molecular weight excluding hydrogens is 499 g/mol. The van der Waals surface area contributed by atoms with Crippen LogP contribution in [0.25, 0.3) is 22.3 Å². The van der Waals surface area contributed by atoms with Gasteiger partial charge in [-0.15, -0.1) is 0 Å². The zero-order valence-corrected chi connectivity index (χ0v) is 18.1. The second-order valence-corrected chi connectivity index (χ2v) is 7.79. The monoisotopic (exact) mass is 512 g/mol. The fourth-order valence-corrected chi connectivity index (χ4v) is 3.50. The Morgan fingerprint density at radius 3 is 1.69 bits per heavy atom.